The molecule has 0 aromatic carbocycles. The van der Waals surface area contributed by atoms with E-state index in [9.17, 15) is 8.42 Å². The first-order chi connectivity index (χ1) is 11.5. The minimum atomic E-state index is -3.37. The number of rotatable bonds is 3. The molecule has 1 aromatic heterocycles. The van der Waals surface area contributed by atoms with Crippen molar-refractivity contribution in [3.63, 3.8) is 0 Å². The standard InChI is InChI=1S/C16H23N5O2S/c1-14-3-2-6-21(13-14)24(22,23)20-9-7-19(8-10-20)16-11-15(12-17)4-5-18-16/h4-5,11,14H,2-3,6-10,13H2,1H3/t14-/m0/s1. The third kappa shape index (κ3) is 3.53. The Kier molecular flexibility index (Phi) is 5.04. The van der Waals surface area contributed by atoms with Crippen LogP contribution in [0, 0.1) is 17.2 Å². The first-order valence-corrected chi connectivity index (χ1v) is 9.77. The molecule has 2 aliphatic heterocycles. The highest BCUT2D eigenvalue weighted by Crippen LogP contribution is 2.22. The molecule has 0 saturated carbocycles. The van der Waals surface area contributed by atoms with Crippen LogP contribution in [0.5, 0.6) is 0 Å². The van der Waals surface area contributed by atoms with Crippen molar-refractivity contribution in [2.24, 2.45) is 5.92 Å². The van der Waals surface area contributed by atoms with Crippen LogP contribution in [-0.2, 0) is 10.2 Å². The topological polar surface area (TPSA) is 80.5 Å². The summed E-state index contributed by atoms with van der Waals surface area (Å²) in [6.07, 6.45) is 3.65. The lowest BCUT2D eigenvalue weighted by molar-refractivity contribution is 0.254. The van der Waals surface area contributed by atoms with Crippen molar-refractivity contribution in [2.75, 3.05) is 44.2 Å². The van der Waals surface area contributed by atoms with Gasteiger partial charge in [-0.3, -0.25) is 0 Å². The molecule has 1 atom stereocenters. The minimum Gasteiger partial charge on any atom is -0.354 e. The third-order valence-corrected chi connectivity index (χ3v) is 6.71. The van der Waals surface area contributed by atoms with Crippen LogP contribution in [0.25, 0.3) is 0 Å². The van der Waals surface area contributed by atoms with Gasteiger partial charge in [0, 0.05) is 45.5 Å². The molecule has 2 saturated heterocycles. The van der Waals surface area contributed by atoms with Gasteiger partial charge >= 0.3 is 0 Å². The second-order valence-corrected chi connectivity index (χ2v) is 8.44. The number of piperazine rings is 1. The summed E-state index contributed by atoms with van der Waals surface area (Å²) in [4.78, 5) is 6.33. The molecule has 3 heterocycles. The number of hydrogen-bond acceptors (Lipinski definition) is 5. The van der Waals surface area contributed by atoms with Crippen molar-refractivity contribution < 1.29 is 8.42 Å². The molecule has 3 rings (SSSR count). The normalized spacial score (nSPS) is 23.8. The first kappa shape index (κ1) is 17.1. The van der Waals surface area contributed by atoms with Crippen LogP contribution in [0.4, 0.5) is 5.82 Å². The second kappa shape index (κ2) is 7.05. The molecule has 2 aliphatic rings. The van der Waals surface area contributed by atoms with Crippen LogP contribution >= 0.6 is 0 Å². The summed E-state index contributed by atoms with van der Waals surface area (Å²) >= 11 is 0. The monoisotopic (exact) mass is 349 g/mol. The zero-order valence-corrected chi connectivity index (χ0v) is 14.7. The Morgan fingerprint density at radius 3 is 2.62 bits per heavy atom. The molecule has 2 fully saturated rings. The molecule has 8 heteroatoms. The lowest BCUT2D eigenvalue weighted by atomic mass is 10.0. The Bertz CT molecular complexity index is 722. The molecule has 0 N–H and O–H groups in total. The van der Waals surface area contributed by atoms with E-state index in [0.29, 0.717) is 50.7 Å². The van der Waals surface area contributed by atoms with Gasteiger partial charge in [0.25, 0.3) is 10.2 Å². The van der Waals surface area contributed by atoms with E-state index in [1.54, 1.807) is 26.9 Å². The van der Waals surface area contributed by atoms with Crippen molar-refractivity contribution >= 4 is 16.0 Å². The number of aromatic nitrogens is 1. The number of anilines is 1. The molecule has 0 amide bonds. The van der Waals surface area contributed by atoms with Gasteiger partial charge in [0.2, 0.25) is 0 Å². The summed E-state index contributed by atoms with van der Waals surface area (Å²) in [5, 5.41) is 8.99. The number of nitrogens with zero attached hydrogens (tertiary/aromatic N) is 5. The van der Waals surface area contributed by atoms with Crippen LogP contribution in [0.1, 0.15) is 25.3 Å². The van der Waals surface area contributed by atoms with Crippen LogP contribution in [0.15, 0.2) is 18.3 Å². The fourth-order valence-electron chi connectivity index (χ4n) is 3.33. The predicted molar refractivity (Wildman–Crippen MR) is 91.6 cm³/mol. The number of piperidine rings is 1. The fraction of sp³-hybridized carbons (Fsp3) is 0.625. The average molecular weight is 349 g/mol. The summed E-state index contributed by atoms with van der Waals surface area (Å²) in [6.45, 7) is 5.42. The lowest BCUT2D eigenvalue weighted by Gasteiger charge is -2.39. The molecule has 0 unspecified atom stereocenters. The summed E-state index contributed by atoms with van der Waals surface area (Å²) in [7, 11) is -3.37. The van der Waals surface area contributed by atoms with Crippen LogP contribution in [-0.4, -0.2) is 61.3 Å². The van der Waals surface area contributed by atoms with Crippen molar-refractivity contribution in [3.8, 4) is 6.07 Å². The van der Waals surface area contributed by atoms with Crippen molar-refractivity contribution in [3.05, 3.63) is 23.9 Å². The van der Waals surface area contributed by atoms with Gasteiger partial charge in [0.05, 0.1) is 11.6 Å². The van der Waals surface area contributed by atoms with Gasteiger partial charge < -0.3 is 4.90 Å². The Morgan fingerprint density at radius 1 is 1.21 bits per heavy atom. The van der Waals surface area contributed by atoms with E-state index < -0.39 is 10.2 Å². The summed E-state index contributed by atoms with van der Waals surface area (Å²) in [5.74, 6) is 1.16. The van der Waals surface area contributed by atoms with Gasteiger partial charge in [-0.1, -0.05) is 6.92 Å². The summed E-state index contributed by atoms with van der Waals surface area (Å²) in [6, 6.07) is 5.52. The Hall–Kier alpha value is -1.69. The Morgan fingerprint density at radius 2 is 1.96 bits per heavy atom. The van der Waals surface area contributed by atoms with Gasteiger partial charge in [-0.05, 0) is 30.9 Å². The maximum atomic E-state index is 12.8. The Balaban J connectivity index is 1.65. The molecule has 1 aromatic rings. The number of pyridine rings is 1. The summed E-state index contributed by atoms with van der Waals surface area (Å²) < 4.78 is 28.8. The van der Waals surface area contributed by atoms with Crippen molar-refractivity contribution in [1.29, 1.82) is 5.26 Å². The van der Waals surface area contributed by atoms with Gasteiger partial charge in [-0.15, -0.1) is 0 Å². The van der Waals surface area contributed by atoms with Crippen LogP contribution in [0.2, 0.25) is 0 Å². The molecule has 7 nitrogen and oxygen atoms in total. The molecule has 130 valence electrons. The fourth-order valence-corrected chi connectivity index (χ4v) is 5.08. The minimum absolute atomic E-state index is 0.424. The smallest absolute Gasteiger partial charge is 0.282 e. The number of hydrogen-bond donors (Lipinski definition) is 0. The first-order valence-electron chi connectivity index (χ1n) is 8.37. The predicted octanol–water partition coefficient (Wildman–Crippen LogP) is 1.05. The van der Waals surface area contributed by atoms with Crippen LogP contribution in [0.3, 0.4) is 0 Å². The number of nitriles is 1. The largest absolute Gasteiger partial charge is 0.354 e. The highest BCUT2D eigenvalue weighted by molar-refractivity contribution is 7.86. The quantitative estimate of drug-likeness (QED) is 0.815. The van der Waals surface area contributed by atoms with E-state index in [0.717, 1.165) is 18.7 Å². The molecular formula is C16H23N5O2S. The summed E-state index contributed by atoms with van der Waals surface area (Å²) in [5.41, 5.74) is 0.567. The maximum Gasteiger partial charge on any atom is 0.282 e. The average Bonchev–Trinajstić information content (AvgIpc) is 2.62. The van der Waals surface area contributed by atoms with Crippen LogP contribution < -0.4 is 4.90 Å². The van der Waals surface area contributed by atoms with Gasteiger partial charge in [-0.2, -0.15) is 22.3 Å². The Labute approximate surface area is 143 Å². The molecule has 0 radical (unpaired) electrons. The molecule has 0 aliphatic carbocycles. The molecule has 24 heavy (non-hydrogen) atoms. The highest BCUT2D eigenvalue weighted by Gasteiger charge is 2.34. The van der Waals surface area contributed by atoms with E-state index in [2.05, 4.69) is 18.0 Å². The molecular weight excluding hydrogens is 326 g/mol. The van der Waals surface area contributed by atoms with E-state index in [1.807, 2.05) is 4.90 Å². The molecule has 0 bridgehead atoms. The third-order valence-electron chi connectivity index (χ3n) is 4.71. The highest BCUT2D eigenvalue weighted by atomic mass is 32.2. The van der Waals surface area contributed by atoms with E-state index >= 15 is 0 Å². The zero-order valence-electron chi connectivity index (χ0n) is 13.9. The van der Waals surface area contributed by atoms with E-state index in [4.69, 9.17) is 5.26 Å². The lowest BCUT2D eigenvalue weighted by Crippen LogP contribution is -2.54. The van der Waals surface area contributed by atoms with Crippen molar-refractivity contribution in [1.82, 2.24) is 13.6 Å². The second-order valence-electron chi connectivity index (χ2n) is 6.51. The SMILES string of the molecule is C[C@H]1CCCN(S(=O)(=O)N2CCN(c3cc(C#N)ccn3)CC2)C1. The van der Waals surface area contributed by atoms with Gasteiger partial charge in [0.1, 0.15) is 5.82 Å². The maximum absolute atomic E-state index is 12.8. The van der Waals surface area contributed by atoms with E-state index in [-0.39, 0.29) is 0 Å². The van der Waals surface area contributed by atoms with Gasteiger partial charge in [0.15, 0.2) is 0 Å². The van der Waals surface area contributed by atoms with E-state index in [1.165, 1.54) is 0 Å². The van der Waals surface area contributed by atoms with Gasteiger partial charge in [-0.25, -0.2) is 4.98 Å². The zero-order chi connectivity index (χ0) is 17.2. The van der Waals surface area contributed by atoms with Crippen molar-refractivity contribution in [2.45, 2.75) is 19.8 Å². The molecule has 0 spiro atoms.